The van der Waals surface area contributed by atoms with E-state index in [1.807, 2.05) is 0 Å². The summed E-state index contributed by atoms with van der Waals surface area (Å²) in [5, 5.41) is 3.19. The van der Waals surface area contributed by atoms with Gasteiger partial charge in [-0.25, -0.2) is 0 Å². The number of hydrogen-bond acceptors (Lipinski definition) is 3. The molecule has 156 valence electrons. The number of hydrogen-bond donors (Lipinski definition) is 1. The molecule has 2 atom stereocenters. The highest BCUT2D eigenvalue weighted by Crippen LogP contribution is 2.27. The fraction of sp³-hybridized carbons (Fsp3) is 0.667. The van der Waals surface area contributed by atoms with E-state index in [0.29, 0.717) is 13.0 Å². The number of rotatable bonds is 6. The molecule has 0 unspecified atom stereocenters. The van der Waals surface area contributed by atoms with Crippen molar-refractivity contribution in [3.63, 3.8) is 0 Å². The average Bonchev–Trinajstić information content (AvgIpc) is 2.71. The Kier molecular flexibility index (Phi) is 6.78. The van der Waals surface area contributed by atoms with Gasteiger partial charge in [0, 0.05) is 27.2 Å². The lowest BCUT2D eigenvalue weighted by molar-refractivity contribution is -0.126. The molecule has 1 N–H and O–H groups in total. The number of fused-ring (bicyclic) bond motifs is 1. The molecule has 1 aromatic carbocycles. The molecule has 28 heavy (non-hydrogen) atoms. The smallest absolute Gasteiger partial charge is 0.281 e. The quantitative estimate of drug-likeness (QED) is 0.788. The second kappa shape index (κ2) is 8.93. The van der Waals surface area contributed by atoms with Crippen molar-refractivity contribution in [3.8, 4) is 0 Å². The maximum absolute atomic E-state index is 12.9. The molecule has 0 spiro atoms. The van der Waals surface area contributed by atoms with E-state index in [-0.39, 0.29) is 24.4 Å². The predicted octanol–water partition coefficient (Wildman–Crippen LogP) is 2.65. The van der Waals surface area contributed by atoms with Crippen molar-refractivity contribution in [2.24, 2.45) is 5.92 Å². The first-order valence-electron chi connectivity index (χ1n) is 10.4. The molecule has 0 saturated carbocycles. The van der Waals surface area contributed by atoms with E-state index >= 15 is 0 Å². The van der Waals surface area contributed by atoms with Crippen LogP contribution < -0.4 is 5.32 Å². The van der Waals surface area contributed by atoms with Crippen LogP contribution in [0.2, 0.25) is 0 Å². The Balaban J connectivity index is 1.68. The molecule has 0 aromatic heterocycles. The number of benzene rings is 1. The first-order valence-corrected chi connectivity index (χ1v) is 11.8. The number of amides is 1. The summed E-state index contributed by atoms with van der Waals surface area (Å²) in [6.45, 7) is 2.81. The second-order valence-corrected chi connectivity index (χ2v) is 10.3. The fourth-order valence-corrected chi connectivity index (χ4v) is 5.47. The summed E-state index contributed by atoms with van der Waals surface area (Å²) in [7, 11) is -0.416. The minimum atomic E-state index is -3.48. The maximum atomic E-state index is 12.9. The summed E-state index contributed by atoms with van der Waals surface area (Å²) >= 11 is 0. The molecule has 1 saturated heterocycles. The molecular formula is C21H33N3O3S. The molecule has 3 rings (SSSR count). The van der Waals surface area contributed by atoms with Crippen molar-refractivity contribution in [1.29, 1.82) is 0 Å². The van der Waals surface area contributed by atoms with Gasteiger partial charge in [-0.05, 0) is 61.6 Å². The van der Waals surface area contributed by atoms with Crippen molar-refractivity contribution < 1.29 is 13.2 Å². The SMILES string of the molecule is CC[C@H](NC(=O)[C@@H]1CCCN(S(=O)(=O)N(C)C)C1)c1ccc2c(c1)CCCC2. The Labute approximate surface area is 169 Å². The number of aryl methyl sites for hydroxylation is 2. The third-order valence-electron chi connectivity index (χ3n) is 6.04. The molecule has 2 aliphatic rings. The van der Waals surface area contributed by atoms with Gasteiger partial charge in [-0.1, -0.05) is 25.1 Å². The van der Waals surface area contributed by atoms with Crippen LogP contribution in [0.4, 0.5) is 0 Å². The summed E-state index contributed by atoms with van der Waals surface area (Å²) in [5.74, 6) is -0.335. The van der Waals surface area contributed by atoms with Gasteiger partial charge in [0.15, 0.2) is 0 Å². The van der Waals surface area contributed by atoms with Crippen molar-refractivity contribution >= 4 is 16.1 Å². The third-order valence-corrected chi connectivity index (χ3v) is 7.95. The Bertz CT molecular complexity index is 807. The zero-order chi connectivity index (χ0) is 20.3. The minimum Gasteiger partial charge on any atom is -0.349 e. The highest BCUT2D eigenvalue weighted by atomic mass is 32.2. The van der Waals surface area contributed by atoms with Crippen LogP contribution >= 0.6 is 0 Å². The van der Waals surface area contributed by atoms with Gasteiger partial charge in [-0.3, -0.25) is 4.79 Å². The highest BCUT2D eigenvalue weighted by molar-refractivity contribution is 7.86. The summed E-state index contributed by atoms with van der Waals surface area (Å²) in [4.78, 5) is 12.9. The van der Waals surface area contributed by atoms with E-state index in [9.17, 15) is 13.2 Å². The van der Waals surface area contributed by atoms with Gasteiger partial charge in [0.05, 0.1) is 12.0 Å². The van der Waals surface area contributed by atoms with E-state index in [1.54, 1.807) is 0 Å². The molecule has 0 radical (unpaired) electrons. The topological polar surface area (TPSA) is 69.7 Å². The van der Waals surface area contributed by atoms with Gasteiger partial charge >= 0.3 is 0 Å². The van der Waals surface area contributed by atoms with Crippen molar-refractivity contribution in [3.05, 3.63) is 34.9 Å². The van der Waals surface area contributed by atoms with E-state index in [2.05, 4.69) is 30.4 Å². The molecular weight excluding hydrogens is 374 g/mol. The van der Waals surface area contributed by atoms with Crippen LogP contribution in [0.15, 0.2) is 18.2 Å². The van der Waals surface area contributed by atoms with Crippen LogP contribution in [0.1, 0.15) is 61.8 Å². The van der Waals surface area contributed by atoms with Crippen LogP contribution in [0.5, 0.6) is 0 Å². The van der Waals surface area contributed by atoms with Gasteiger partial charge in [-0.15, -0.1) is 0 Å². The largest absolute Gasteiger partial charge is 0.349 e. The van der Waals surface area contributed by atoms with Gasteiger partial charge in [0.1, 0.15) is 0 Å². The van der Waals surface area contributed by atoms with Crippen LogP contribution in [0.3, 0.4) is 0 Å². The lowest BCUT2D eigenvalue weighted by atomic mass is 9.88. The van der Waals surface area contributed by atoms with Crippen molar-refractivity contribution in [2.75, 3.05) is 27.2 Å². The molecule has 1 aromatic rings. The highest BCUT2D eigenvalue weighted by Gasteiger charge is 2.34. The molecule has 7 heteroatoms. The Hall–Kier alpha value is -1.44. The normalized spacial score (nSPS) is 21.9. The molecule has 1 heterocycles. The lowest BCUT2D eigenvalue weighted by Crippen LogP contribution is -2.49. The zero-order valence-corrected chi connectivity index (χ0v) is 18.1. The van der Waals surface area contributed by atoms with E-state index < -0.39 is 10.2 Å². The molecule has 1 aliphatic carbocycles. The number of nitrogens with one attached hydrogen (secondary N) is 1. The van der Waals surface area contributed by atoms with Crippen LogP contribution in [-0.2, 0) is 27.8 Å². The van der Waals surface area contributed by atoms with Crippen LogP contribution in [-0.4, -0.2) is 50.1 Å². The van der Waals surface area contributed by atoms with Crippen LogP contribution in [0, 0.1) is 5.92 Å². The van der Waals surface area contributed by atoms with Crippen LogP contribution in [0.25, 0.3) is 0 Å². The van der Waals surface area contributed by atoms with Gasteiger partial charge < -0.3 is 5.32 Å². The van der Waals surface area contributed by atoms with E-state index in [4.69, 9.17) is 0 Å². The Morgan fingerprint density at radius 3 is 2.61 bits per heavy atom. The molecule has 6 nitrogen and oxygen atoms in total. The van der Waals surface area contributed by atoms with Gasteiger partial charge in [0.2, 0.25) is 5.91 Å². The number of carbonyl (C=O) groups excluding carboxylic acids is 1. The standard InChI is InChI=1S/C21H33N3O3S/c1-4-20(18-12-11-16-8-5-6-9-17(16)14-18)22-21(25)19-10-7-13-24(15-19)28(26,27)23(2)3/h11-12,14,19-20H,4-10,13,15H2,1-3H3,(H,22,25)/t19-,20+/m1/s1. The average molecular weight is 408 g/mol. The summed E-state index contributed by atoms with van der Waals surface area (Å²) in [6.07, 6.45) is 7.01. The van der Waals surface area contributed by atoms with E-state index in [1.165, 1.54) is 46.7 Å². The molecule has 1 aliphatic heterocycles. The molecule has 1 fully saturated rings. The Morgan fingerprint density at radius 1 is 1.21 bits per heavy atom. The number of piperidine rings is 1. The second-order valence-electron chi connectivity index (χ2n) is 8.19. The number of nitrogens with zero attached hydrogens (tertiary/aromatic N) is 2. The summed E-state index contributed by atoms with van der Waals surface area (Å²) in [6, 6.07) is 6.58. The lowest BCUT2D eigenvalue weighted by Gasteiger charge is -2.33. The van der Waals surface area contributed by atoms with Gasteiger partial charge in [0.25, 0.3) is 10.2 Å². The maximum Gasteiger partial charge on any atom is 0.281 e. The number of carbonyl (C=O) groups is 1. The fourth-order valence-electron chi connectivity index (χ4n) is 4.28. The van der Waals surface area contributed by atoms with Gasteiger partial charge in [-0.2, -0.15) is 17.0 Å². The first-order chi connectivity index (χ1) is 13.3. The van der Waals surface area contributed by atoms with Crippen molar-refractivity contribution in [2.45, 2.75) is 57.9 Å². The first kappa shape index (κ1) is 21.3. The monoisotopic (exact) mass is 407 g/mol. The molecule has 1 amide bonds. The zero-order valence-electron chi connectivity index (χ0n) is 17.3. The predicted molar refractivity (Wildman–Crippen MR) is 111 cm³/mol. The summed E-state index contributed by atoms with van der Waals surface area (Å²) in [5.41, 5.74) is 4.01. The Morgan fingerprint density at radius 2 is 1.93 bits per heavy atom. The van der Waals surface area contributed by atoms with E-state index in [0.717, 1.165) is 31.2 Å². The minimum absolute atomic E-state index is 0.0273. The molecule has 0 bridgehead atoms. The summed E-state index contributed by atoms with van der Waals surface area (Å²) < 4.78 is 27.5. The third kappa shape index (κ3) is 4.58. The van der Waals surface area contributed by atoms with Crippen molar-refractivity contribution in [1.82, 2.24) is 13.9 Å².